The van der Waals surface area contributed by atoms with Gasteiger partial charge in [-0.3, -0.25) is 14.8 Å². The fourth-order valence-electron chi connectivity index (χ4n) is 11.8. The van der Waals surface area contributed by atoms with Crippen LogP contribution >= 0.6 is 11.3 Å². The Labute approximate surface area is 295 Å². The number of para-hydroxylation sites is 1. The molecule has 3 aromatic heterocycles. The van der Waals surface area contributed by atoms with Gasteiger partial charge in [0.1, 0.15) is 5.82 Å². The summed E-state index contributed by atoms with van der Waals surface area (Å²) in [4.78, 5) is 37.5. The van der Waals surface area contributed by atoms with E-state index in [0.29, 0.717) is 51.4 Å². The molecule has 50 heavy (non-hydrogen) atoms. The van der Waals surface area contributed by atoms with Gasteiger partial charge in [0.15, 0.2) is 10.8 Å². The lowest BCUT2D eigenvalue weighted by atomic mass is 9.36. The van der Waals surface area contributed by atoms with Gasteiger partial charge in [0.2, 0.25) is 0 Å². The van der Waals surface area contributed by atoms with Gasteiger partial charge in [-0.2, -0.15) is 5.10 Å². The fourth-order valence-corrected chi connectivity index (χ4v) is 12.6. The molecule has 4 bridgehead atoms. The van der Waals surface area contributed by atoms with Crippen LogP contribution in [0.4, 0.5) is 10.9 Å². The fraction of sp³-hybridized carbons (Fsp3) is 0.425. The lowest BCUT2D eigenvalue weighted by Crippen LogP contribution is -2.59. The van der Waals surface area contributed by atoms with Crippen molar-refractivity contribution in [3.63, 3.8) is 0 Å². The highest BCUT2D eigenvalue weighted by atomic mass is 32.1. The highest BCUT2D eigenvalue weighted by molar-refractivity contribution is 7.22. The van der Waals surface area contributed by atoms with Crippen molar-refractivity contribution in [2.45, 2.75) is 78.8 Å². The minimum absolute atomic E-state index is 0.0112. The number of aromatic carboxylic acids is 1. The lowest BCUT2D eigenvalue weighted by molar-refractivity contribution is -0.188. The van der Waals surface area contributed by atoms with Crippen LogP contribution in [0.3, 0.4) is 0 Å². The molecule has 1 aliphatic heterocycles. The van der Waals surface area contributed by atoms with Crippen molar-refractivity contribution in [3.8, 4) is 11.1 Å². The summed E-state index contributed by atoms with van der Waals surface area (Å²) in [5.74, 6) is -0.702. The standard InChI is InChI=1S/C40H42N6O3S/c1-37-18-38(2)20-39(3,19-37)23-40(21-37,22-38)24-46-16-26(15-41-46)27-11-12-32(43-33(27)35(48)49)45-14-13-25-7-6-8-28(29(25)17-45)34(47)44-36-42-30-9-4-5-10-31(30)50-36/h4-12,15-16H,13-14,17-24H2,1-3H3,(H,48,49)(H,42,44,47). The zero-order valence-corrected chi connectivity index (χ0v) is 29.6. The number of anilines is 2. The number of aromatic nitrogens is 4. The molecule has 0 radical (unpaired) electrons. The van der Waals surface area contributed by atoms with Gasteiger partial charge in [-0.1, -0.05) is 56.4 Å². The van der Waals surface area contributed by atoms with E-state index in [-0.39, 0.29) is 17.0 Å². The molecule has 4 heterocycles. The molecule has 0 atom stereocenters. The maximum absolute atomic E-state index is 13.5. The molecule has 10 rings (SSSR count). The molecule has 10 heteroatoms. The second kappa shape index (κ2) is 11.0. The number of thiazole rings is 1. The molecule has 256 valence electrons. The molecule has 2 aromatic carbocycles. The average molecular weight is 687 g/mol. The molecule has 0 unspecified atom stereocenters. The van der Waals surface area contributed by atoms with E-state index in [4.69, 9.17) is 10.1 Å². The third-order valence-corrected chi connectivity index (χ3v) is 12.8. The maximum atomic E-state index is 13.5. The van der Waals surface area contributed by atoms with Crippen molar-refractivity contribution in [3.05, 3.63) is 89.4 Å². The first kappa shape index (κ1) is 31.4. The summed E-state index contributed by atoms with van der Waals surface area (Å²) in [6.45, 7) is 9.47. The summed E-state index contributed by atoms with van der Waals surface area (Å²) in [5, 5.41) is 18.7. The molecular formula is C40H42N6O3S. The molecule has 1 amide bonds. The molecule has 0 saturated heterocycles. The lowest BCUT2D eigenvalue weighted by Gasteiger charge is -2.69. The van der Waals surface area contributed by atoms with Crippen LogP contribution in [0.2, 0.25) is 0 Å². The van der Waals surface area contributed by atoms with Crippen LogP contribution in [0.15, 0.2) is 67.0 Å². The van der Waals surface area contributed by atoms with Crippen LogP contribution in [0.1, 0.15) is 91.3 Å². The van der Waals surface area contributed by atoms with Crippen molar-refractivity contribution in [2.24, 2.45) is 21.7 Å². The normalized spacial score (nSPS) is 28.2. The van der Waals surface area contributed by atoms with Crippen molar-refractivity contribution in [1.82, 2.24) is 19.7 Å². The van der Waals surface area contributed by atoms with Gasteiger partial charge < -0.3 is 10.0 Å². The number of carboxylic acid groups (broad SMARTS) is 1. The maximum Gasteiger partial charge on any atom is 0.355 e. The van der Waals surface area contributed by atoms with Gasteiger partial charge in [-0.25, -0.2) is 14.8 Å². The van der Waals surface area contributed by atoms with Crippen LogP contribution in [-0.4, -0.2) is 43.3 Å². The Morgan fingerprint density at radius 1 is 0.900 bits per heavy atom. The van der Waals surface area contributed by atoms with Crippen molar-refractivity contribution in [2.75, 3.05) is 16.8 Å². The number of benzene rings is 2. The van der Waals surface area contributed by atoms with Crippen LogP contribution in [0, 0.1) is 21.7 Å². The van der Waals surface area contributed by atoms with E-state index in [1.807, 2.05) is 54.7 Å². The van der Waals surface area contributed by atoms with Crippen molar-refractivity contribution in [1.29, 1.82) is 0 Å². The molecule has 4 aliphatic carbocycles. The molecule has 5 aromatic rings. The van der Waals surface area contributed by atoms with Crippen LogP contribution in [0.5, 0.6) is 0 Å². The summed E-state index contributed by atoms with van der Waals surface area (Å²) in [6, 6.07) is 17.4. The summed E-state index contributed by atoms with van der Waals surface area (Å²) < 4.78 is 3.07. The third kappa shape index (κ3) is 5.39. The van der Waals surface area contributed by atoms with Gasteiger partial charge in [0, 0.05) is 42.5 Å². The number of amides is 1. The number of rotatable bonds is 7. The summed E-state index contributed by atoms with van der Waals surface area (Å²) in [7, 11) is 0. The van der Waals surface area contributed by atoms with E-state index in [0.717, 1.165) is 39.9 Å². The number of hydrogen-bond donors (Lipinski definition) is 2. The van der Waals surface area contributed by atoms with Gasteiger partial charge in [0.05, 0.1) is 16.4 Å². The molecule has 2 N–H and O–H groups in total. The second-order valence-electron chi connectivity index (χ2n) is 16.8. The van der Waals surface area contributed by atoms with E-state index in [1.54, 1.807) is 6.20 Å². The quantitative estimate of drug-likeness (QED) is 0.177. The first-order valence-electron chi connectivity index (χ1n) is 17.7. The minimum Gasteiger partial charge on any atom is -0.476 e. The van der Waals surface area contributed by atoms with Crippen molar-refractivity contribution < 1.29 is 14.7 Å². The SMILES string of the molecule is CC12CC3(C)CC(C)(C1)CC(Cn1cc(-c4ccc(N5CCc6cccc(C(=O)Nc7nc8ccccc8s7)c6C5)nc4C(=O)O)cn1)(C2)C3. The highest BCUT2D eigenvalue weighted by Crippen LogP contribution is 2.73. The summed E-state index contributed by atoms with van der Waals surface area (Å²) in [6.07, 6.45) is 12.2. The number of fused-ring (bicyclic) bond motifs is 2. The monoisotopic (exact) mass is 686 g/mol. The molecule has 4 fully saturated rings. The smallest absolute Gasteiger partial charge is 0.355 e. The van der Waals surface area contributed by atoms with Gasteiger partial charge in [-0.15, -0.1) is 0 Å². The Bertz CT molecular complexity index is 2120. The molecule has 4 saturated carbocycles. The average Bonchev–Trinajstić information content (AvgIpc) is 3.67. The van der Waals surface area contributed by atoms with E-state index in [1.165, 1.54) is 49.9 Å². The third-order valence-electron chi connectivity index (χ3n) is 11.8. The number of carbonyl (C=O) groups is 2. The van der Waals surface area contributed by atoms with Crippen LogP contribution in [0.25, 0.3) is 21.3 Å². The summed E-state index contributed by atoms with van der Waals surface area (Å²) >= 11 is 1.45. The number of carboxylic acids is 1. The molecule has 5 aliphatic rings. The van der Waals surface area contributed by atoms with E-state index in [2.05, 4.69) is 46.7 Å². The number of nitrogens with one attached hydrogen (secondary N) is 1. The summed E-state index contributed by atoms with van der Waals surface area (Å²) in [5.41, 5.74) is 6.21. The van der Waals surface area contributed by atoms with E-state index in [9.17, 15) is 14.7 Å². The van der Waals surface area contributed by atoms with E-state index < -0.39 is 5.97 Å². The van der Waals surface area contributed by atoms with Crippen LogP contribution in [-0.2, 0) is 19.5 Å². The first-order chi connectivity index (χ1) is 23.9. The van der Waals surface area contributed by atoms with Gasteiger partial charge in [0.25, 0.3) is 5.91 Å². The predicted octanol–water partition coefficient (Wildman–Crippen LogP) is 8.45. The molecular weight excluding hydrogens is 645 g/mol. The number of hydrogen-bond acceptors (Lipinski definition) is 7. The van der Waals surface area contributed by atoms with E-state index >= 15 is 0 Å². The van der Waals surface area contributed by atoms with Crippen LogP contribution < -0.4 is 10.2 Å². The van der Waals surface area contributed by atoms with Gasteiger partial charge >= 0.3 is 5.97 Å². The Morgan fingerprint density at radius 3 is 2.36 bits per heavy atom. The molecule has 9 nitrogen and oxygen atoms in total. The Balaban J connectivity index is 0.958. The number of pyridine rings is 1. The minimum atomic E-state index is -1.07. The molecule has 0 spiro atoms. The van der Waals surface area contributed by atoms with Crippen molar-refractivity contribution >= 4 is 44.4 Å². The number of carbonyl (C=O) groups excluding carboxylic acids is 1. The Kier molecular flexibility index (Phi) is 6.89. The Hall–Kier alpha value is -4.57. The zero-order valence-electron chi connectivity index (χ0n) is 28.8. The zero-order chi connectivity index (χ0) is 34.5. The first-order valence-corrected chi connectivity index (χ1v) is 18.5. The Morgan fingerprint density at radius 2 is 1.64 bits per heavy atom. The van der Waals surface area contributed by atoms with Gasteiger partial charge in [-0.05, 0) is 108 Å². The topological polar surface area (TPSA) is 113 Å². The largest absolute Gasteiger partial charge is 0.476 e. The predicted molar refractivity (Wildman–Crippen MR) is 196 cm³/mol. The highest BCUT2D eigenvalue weighted by Gasteiger charge is 2.64. The second-order valence-corrected chi connectivity index (χ2v) is 17.9. The number of nitrogens with zero attached hydrogens (tertiary/aromatic N) is 5.